The fourth-order valence-corrected chi connectivity index (χ4v) is 2.28. The summed E-state index contributed by atoms with van der Waals surface area (Å²) in [6, 6.07) is 1.57. The van der Waals surface area contributed by atoms with E-state index in [1.165, 1.54) is 0 Å². The number of aromatic carboxylic acids is 1. The van der Waals surface area contributed by atoms with Crippen molar-refractivity contribution < 1.29 is 19.4 Å². The van der Waals surface area contributed by atoms with Gasteiger partial charge in [-0.05, 0) is 31.9 Å². The van der Waals surface area contributed by atoms with Gasteiger partial charge in [0.05, 0.1) is 6.10 Å². The van der Waals surface area contributed by atoms with E-state index in [9.17, 15) is 9.90 Å². The van der Waals surface area contributed by atoms with Gasteiger partial charge in [-0.2, -0.15) is 0 Å². The number of likely N-dealkylation sites (tertiary alicyclic amines) is 1. The van der Waals surface area contributed by atoms with Crippen LogP contribution in [0.3, 0.4) is 0 Å². The number of furan rings is 1. The van der Waals surface area contributed by atoms with Gasteiger partial charge in [0.1, 0.15) is 5.76 Å². The number of hydrogen-bond acceptors (Lipinski definition) is 4. The minimum absolute atomic E-state index is 0.0200. The number of β-amino-alcohol motifs (C(OH)–C–C–N with tert-alkyl or cyclic N) is 1. The summed E-state index contributed by atoms with van der Waals surface area (Å²) in [6.07, 6.45) is 0.661. The van der Waals surface area contributed by atoms with E-state index < -0.39 is 5.97 Å². The number of aryl methyl sites for hydroxylation is 1. The molecule has 2 atom stereocenters. The molecule has 2 unspecified atom stereocenters. The van der Waals surface area contributed by atoms with Crippen molar-refractivity contribution in [3.8, 4) is 0 Å². The Labute approximate surface area is 106 Å². The summed E-state index contributed by atoms with van der Waals surface area (Å²) < 4.78 is 5.18. The van der Waals surface area contributed by atoms with Gasteiger partial charge in [0.2, 0.25) is 5.76 Å². The first-order valence-electron chi connectivity index (χ1n) is 6.20. The third kappa shape index (κ3) is 2.73. The second-order valence-electron chi connectivity index (χ2n) is 5.07. The van der Waals surface area contributed by atoms with Crippen LogP contribution >= 0.6 is 0 Å². The summed E-state index contributed by atoms with van der Waals surface area (Å²) in [7, 11) is 0. The molecule has 1 aromatic heterocycles. The zero-order valence-corrected chi connectivity index (χ0v) is 10.7. The third-order valence-corrected chi connectivity index (χ3v) is 3.63. The van der Waals surface area contributed by atoms with E-state index in [4.69, 9.17) is 9.52 Å². The Morgan fingerprint density at radius 2 is 2.33 bits per heavy atom. The van der Waals surface area contributed by atoms with E-state index in [1.54, 1.807) is 13.0 Å². The lowest BCUT2D eigenvalue weighted by Crippen LogP contribution is -2.42. The van der Waals surface area contributed by atoms with Gasteiger partial charge in [0.15, 0.2) is 0 Å². The molecule has 0 amide bonds. The molecule has 0 saturated carbocycles. The zero-order chi connectivity index (χ0) is 13.3. The Bertz CT molecular complexity index is 440. The summed E-state index contributed by atoms with van der Waals surface area (Å²) in [5, 5.41) is 18.7. The molecule has 1 saturated heterocycles. The molecule has 0 spiro atoms. The van der Waals surface area contributed by atoms with Gasteiger partial charge in [-0.3, -0.25) is 4.90 Å². The van der Waals surface area contributed by atoms with Crippen molar-refractivity contribution >= 4 is 5.97 Å². The number of aliphatic hydroxyl groups is 1. The molecule has 1 fully saturated rings. The Kier molecular flexibility index (Phi) is 3.73. The predicted molar refractivity (Wildman–Crippen MR) is 65.5 cm³/mol. The first-order chi connectivity index (χ1) is 8.47. The molecule has 0 radical (unpaired) electrons. The molecule has 1 aliphatic rings. The lowest BCUT2D eigenvalue weighted by atomic mass is 9.96. The summed E-state index contributed by atoms with van der Waals surface area (Å²) in [5.74, 6) is -0.0909. The molecule has 2 rings (SSSR count). The van der Waals surface area contributed by atoms with Crippen molar-refractivity contribution in [1.29, 1.82) is 0 Å². The normalized spacial score (nSPS) is 25.3. The number of carbonyl (C=O) groups is 1. The van der Waals surface area contributed by atoms with Crippen LogP contribution in [-0.2, 0) is 6.54 Å². The van der Waals surface area contributed by atoms with Gasteiger partial charge in [0, 0.05) is 18.7 Å². The molecule has 1 aromatic rings. The Hall–Kier alpha value is -1.33. The summed E-state index contributed by atoms with van der Waals surface area (Å²) in [6.45, 7) is 6.00. The maximum Gasteiger partial charge on any atom is 0.371 e. The Morgan fingerprint density at radius 3 is 2.89 bits per heavy atom. The first kappa shape index (κ1) is 13.1. The number of aliphatic hydroxyl groups excluding tert-OH is 1. The lowest BCUT2D eigenvalue weighted by Gasteiger charge is -2.34. The van der Waals surface area contributed by atoms with Crippen molar-refractivity contribution in [1.82, 2.24) is 4.90 Å². The largest absolute Gasteiger partial charge is 0.475 e. The van der Waals surface area contributed by atoms with Gasteiger partial charge >= 0.3 is 5.97 Å². The molecule has 0 bridgehead atoms. The number of rotatable bonds is 3. The Balaban J connectivity index is 2.03. The molecular formula is C13H19NO4. The average Bonchev–Trinajstić information content (AvgIpc) is 2.66. The highest BCUT2D eigenvalue weighted by Gasteiger charge is 2.25. The number of hydrogen-bond donors (Lipinski definition) is 2. The standard InChI is InChI=1S/C13H19NO4/c1-8-3-4-14(7-11(8)15)6-10-5-12(13(16)17)18-9(10)2/h5,8,11,15H,3-4,6-7H2,1-2H3,(H,16,17). The zero-order valence-electron chi connectivity index (χ0n) is 10.7. The van der Waals surface area contributed by atoms with Crippen LogP contribution in [0, 0.1) is 12.8 Å². The average molecular weight is 253 g/mol. The van der Waals surface area contributed by atoms with E-state index in [-0.39, 0.29) is 11.9 Å². The third-order valence-electron chi connectivity index (χ3n) is 3.63. The fraction of sp³-hybridized carbons (Fsp3) is 0.615. The minimum Gasteiger partial charge on any atom is -0.475 e. The van der Waals surface area contributed by atoms with Crippen molar-refractivity contribution in [2.24, 2.45) is 5.92 Å². The highest BCUT2D eigenvalue weighted by atomic mass is 16.4. The minimum atomic E-state index is -1.04. The van der Waals surface area contributed by atoms with Crippen molar-refractivity contribution in [2.75, 3.05) is 13.1 Å². The number of carboxylic acid groups (broad SMARTS) is 1. The smallest absolute Gasteiger partial charge is 0.371 e. The van der Waals surface area contributed by atoms with Crippen LogP contribution in [0.15, 0.2) is 10.5 Å². The molecule has 18 heavy (non-hydrogen) atoms. The quantitative estimate of drug-likeness (QED) is 0.853. The van der Waals surface area contributed by atoms with Crippen molar-refractivity contribution in [3.63, 3.8) is 0 Å². The molecule has 1 aliphatic heterocycles. The molecule has 100 valence electrons. The lowest BCUT2D eigenvalue weighted by molar-refractivity contribution is 0.0257. The van der Waals surface area contributed by atoms with E-state index in [0.29, 0.717) is 24.8 Å². The number of piperidine rings is 1. The second-order valence-corrected chi connectivity index (χ2v) is 5.07. The molecule has 0 aliphatic carbocycles. The van der Waals surface area contributed by atoms with Crippen molar-refractivity contribution in [2.45, 2.75) is 32.9 Å². The maximum absolute atomic E-state index is 10.8. The van der Waals surface area contributed by atoms with Crippen LogP contribution in [0.25, 0.3) is 0 Å². The molecule has 0 aromatic carbocycles. The van der Waals surface area contributed by atoms with Gasteiger partial charge in [0.25, 0.3) is 0 Å². The summed E-state index contributed by atoms with van der Waals surface area (Å²) in [4.78, 5) is 12.9. The van der Waals surface area contributed by atoms with Gasteiger partial charge in [-0.1, -0.05) is 6.92 Å². The van der Waals surface area contributed by atoms with Gasteiger partial charge in [-0.15, -0.1) is 0 Å². The number of carboxylic acids is 1. The molecule has 2 N–H and O–H groups in total. The van der Waals surface area contributed by atoms with Crippen LogP contribution in [-0.4, -0.2) is 40.3 Å². The topological polar surface area (TPSA) is 73.9 Å². The molecular weight excluding hydrogens is 234 g/mol. The SMILES string of the molecule is Cc1oc(C(=O)O)cc1CN1CCC(C)C(O)C1. The van der Waals surface area contributed by atoms with Crippen LogP contribution in [0.1, 0.15) is 35.2 Å². The molecule has 5 nitrogen and oxygen atoms in total. The van der Waals surface area contributed by atoms with E-state index >= 15 is 0 Å². The van der Waals surface area contributed by atoms with Crippen LogP contribution in [0.2, 0.25) is 0 Å². The fourth-order valence-electron chi connectivity index (χ4n) is 2.28. The highest BCUT2D eigenvalue weighted by Crippen LogP contribution is 2.21. The monoisotopic (exact) mass is 253 g/mol. The van der Waals surface area contributed by atoms with Gasteiger partial charge < -0.3 is 14.6 Å². The first-order valence-corrected chi connectivity index (χ1v) is 6.20. The summed E-state index contributed by atoms with van der Waals surface area (Å²) >= 11 is 0. The second kappa shape index (κ2) is 5.12. The molecule has 2 heterocycles. The van der Waals surface area contributed by atoms with E-state index in [1.807, 2.05) is 6.92 Å². The maximum atomic E-state index is 10.8. The number of nitrogens with zero attached hydrogens (tertiary/aromatic N) is 1. The van der Waals surface area contributed by atoms with Crippen LogP contribution in [0.5, 0.6) is 0 Å². The Morgan fingerprint density at radius 1 is 1.61 bits per heavy atom. The predicted octanol–water partition coefficient (Wildman–Crippen LogP) is 1.49. The van der Waals surface area contributed by atoms with E-state index in [0.717, 1.165) is 18.5 Å². The van der Waals surface area contributed by atoms with Gasteiger partial charge in [-0.25, -0.2) is 4.79 Å². The van der Waals surface area contributed by atoms with Crippen LogP contribution < -0.4 is 0 Å². The molecule has 5 heteroatoms. The van der Waals surface area contributed by atoms with Crippen molar-refractivity contribution in [3.05, 3.63) is 23.2 Å². The highest BCUT2D eigenvalue weighted by molar-refractivity contribution is 5.84. The van der Waals surface area contributed by atoms with E-state index in [2.05, 4.69) is 4.90 Å². The van der Waals surface area contributed by atoms with Crippen LogP contribution in [0.4, 0.5) is 0 Å². The summed E-state index contributed by atoms with van der Waals surface area (Å²) in [5.41, 5.74) is 0.883.